The van der Waals surface area contributed by atoms with Crippen molar-refractivity contribution in [1.29, 1.82) is 0 Å². The van der Waals surface area contributed by atoms with E-state index in [9.17, 15) is 5.11 Å². The monoisotopic (exact) mass is 184 g/mol. The number of ether oxygens (including phenoxy) is 1. The minimum atomic E-state index is -1.01. The third-order valence-corrected chi connectivity index (χ3v) is 1.96. The van der Waals surface area contributed by atoms with Gasteiger partial charge in [0.25, 0.3) is 0 Å². The lowest BCUT2D eigenvalue weighted by atomic mass is 10.1. The van der Waals surface area contributed by atoms with Crippen LogP contribution in [-0.2, 0) is 16.9 Å². The Morgan fingerprint density at radius 2 is 2.38 bits per heavy atom. The molecule has 1 atom stereocenters. The van der Waals surface area contributed by atoms with E-state index < -0.39 is 5.60 Å². The SMILES string of the molecule is CCn1ccnc1C(C)(O)COC. The molecule has 0 aliphatic rings. The Morgan fingerprint density at radius 1 is 1.69 bits per heavy atom. The molecule has 0 saturated heterocycles. The van der Waals surface area contributed by atoms with Gasteiger partial charge in [0.1, 0.15) is 11.4 Å². The Hall–Kier alpha value is -0.870. The number of aryl methyl sites for hydroxylation is 1. The van der Waals surface area contributed by atoms with Gasteiger partial charge in [0, 0.05) is 26.0 Å². The van der Waals surface area contributed by atoms with Crippen LogP contribution in [0.25, 0.3) is 0 Å². The van der Waals surface area contributed by atoms with Crippen LogP contribution in [0.2, 0.25) is 0 Å². The third-order valence-electron chi connectivity index (χ3n) is 1.96. The van der Waals surface area contributed by atoms with E-state index in [0.717, 1.165) is 6.54 Å². The molecule has 0 saturated carbocycles. The van der Waals surface area contributed by atoms with Crippen molar-refractivity contribution in [3.05, 3.63) is 18.2 Å². The van der Waals surface area contributed by atoms with Crippen molar-refractivity contribution in [2.24, 2.45) is 0 Å². The highest BCUT2D eigenvalue weighted by atomic mass is 16.5. The predicted molar refractivity (Wildman–Crippen MR) is 49.3 cm³/mol. The van der Waals surface area contributed by atoms with Crippen molar-refractivity contribution < 1.29 is 9.84 Å². The van der Waals surface area contributed by atoms with Gasteiger partial charge in [0.05, 0.1) is 6.61 Å². The molecule has 0 bridgehead atoms. The molecule has 0 fully saturated rings. The van der Waals surface area contributed by atoms with Gasteiger partial charge in [-0.05, 0) is 13.8 Å². The number of methoxy groups -OCH3 is 1. The lowest BCUT2D eigenvalue weighted by Gasteiger charge is -2.22. The maximum absolute atomic E-state index is 9.98. The summed E-state index contributed by atoms with van der Waals surface area (Å²) in [6.45, 7) is 4.76. The first-order valence-corrected chi connectivity index (χ1v) is 4.34. The van der Waals surface area contributed by atoms with Gasteiger partial charge in [-0.1, -0.05) is 0 Å². The second-order valence-corrected chi connectivity index (χ2v) is 3.24. The molecule has 1 aromatic rings. The van der Waals surface area contributed by atoms with Crippen molar-refractivity contribution in [3.63, 3.8) is 0 Å². The zero-order valence-corrected chi connectivity index (χ0v) is 8.32. The van der Waals surface area contributed by atoms with E-state index in [2.05, 4.69) is 4.98 Å². The van der Waals surface area contributed by atoms with Gasteiger partial charge < -0.3 is 14.4 Å². The van der Waals surface area contributed by atoms with E-state index in [0.29, 0.717) is 5.82 Å². The van der Waals surface area contributed by atoms with E-state index in [4.69, 9.17) is 4.74 Å². The largest absolute Gasteiger partial charge is 0.381 e. The molecule has 0 aromatic carbocycles. The molecule has 4 nitrogen and oxygen atoms in total. The van der Waals surface area contributed by atoms with E-state index >= 15 is 0 Å². The van der Waals surface area contributed by atoms with Gasteiger partial charge in [-0.2, -0.15) is 0 Å². The van der Waals surface area contributed by atoms with Crippen LogP contribution in [0.3, 0.4) is 0 Å². The Kier molecular flexibility index (Phi) is 3.06. The highest BCUT2D eigenvalue weighted by molar-refractivity contribution is 5.03. The minimum Gasteiger partial charge on any atom is -0.381 e. The summed E-state index contributed by atoms with van der Waals surface area (Å²) in [6.07, 6.45) is 3.53. The van der Waals surface area contributed by atoms with Crippen LogP contribution >= 0.6 is 0 Å². The van der Waals surface area contributed by atoms with Crippen molar-refractivity contribution >= 4 is 0 Å². The van der Waals surface area contributed by atoms with Crippen molar-refractivity contribution in [3.8, 4) is 0 Å². The number of hydrogen-bond acceptors (Lipinski definition) is 3. The second kappa shape index (κ2) is 3.89. The fourth-order valence-corrected chi connectivity index (χ4v) is 1.38. The Morgan fingerprint density at radius 3 is 2.92 bits per heavy atom. The van der Waals surface area contributed by atoms with Crippen molar-refractivity contribution in [1.82, 2.24) is 9.55 Å². The summed E-state index contributed by atoms with van der Waals surface area (Å²) >= 11 is 0. The first kappa shape index (κ1) is 10.2. The van der Waals surface area contributed by atoms with Crippen LogP contribution < -0.4 is 0 Å². The Balaban J connectivity index is 2.91. The van der Waals surface area contributed by atoms with Gasteiger partial charge in [-0.15, -0.1) is 0 Å². The van der Waals surface area contributed by atoms with Gasteiger partial charge >= 0.3 is 0 Å². The molecule has 0 amide bonds. The number of aromatic nitrogens is 2. The first-order valence-electron chi connectivity index (χ1n) is 4.34. The zero-order valence-electron chi connectivity index (χ0n) is 8.32. The van der Waals surface area contributed by atoms with E-state index in [1.807, 2.05) is 17.7 Å². The van der Waals surface area contributed by atoms with Gasteiger partial charge in [-0.25, -0.2) is 4.98 Å². The number of rotatable bonds is 4. The molecular formula is C9H16N2O2. The fourth-order valence-electron chi connectivity index (χ4n) is 1.38. The van der Waals surface area contributed by atoms with Gasteiger partial charge in [0.2, 0.25) is 0 Å². The van der Waals surface area contributed by atoms with Crippen LogP contribution in [0.1, 0.15) is 19.7 Å². The molecule has 0 aliphatic heterocycles. The Labute approximate surface area is 78.2 Å². The second-order valence-electron chi connectivity index (χ2n) is 3.24. The average molecular weight is 184 g/mol. The first-order chi connectivity index (χ1) is 6.11. The summed E-state index contributed by atoms with van der Waals surface area (Å²) in [5, 5.41) is 9.98. The van der Waals surface area contributed by atoms with Crippen molar-refractivity contribution in [2.75, 3.05) is 13.7 Å². The highest BCUT2D eigenvalue weighted by Crippen LogP contribution is 2.18. The van der Waals surface area contributed by atoms with Crippen LogP contribution in [0.15, 0.2) is 12.4 Å². The quantitative estimate of drug-likeness (QED) is 0.751. The van der Waals surface area contributed by atoms with Crippen LogP contribution in [0, 0.1) is 0 Å². The molecule has 4 heteroatoms. The summed E-state index contributed by atoms with van der Waals surface area (Å²) < 4.78 is 6.83. The molecule has 1 rings (SSSR count). The summed E-state index contributed by atoms with van der Waals surface area (Å²) in [5.74, 6) is 0.650. The topological polar surface area (TPSA) is 47.3 Å². The number of nitrogens with zero attached hydrogens (tertiary/aromatic N) is 2. The zero-order chi connectivity index (χ0) is 9.90. The third kappa shape index (κ3) is 2.08. The molecular weight excluding hydrogens is 168 g/mol. The number of aliphatic hydroxyl groups is 1. The summed E-state index contributed by atoms with van der Waals surface area (Å²) in [6, 6.07) is 0. The Bertz CT molecular complexity index is 268. The highest BCUT2D eigenvalue weighted by Gasteiger charge is 2.27. The molecule has 13 heavy (non-hydrogen) atoms. The predicted octanol–water partition coefficient (Wildman–Crippen LogP) is 0.757. The van der Waals surface area contributed by atoms with Crippen LogP contribution in [0.4, 0.5) is 0 Å². The molecule has 0 aliphatic carbocycles. The smallest absolute Gasteiger partial charge is 0.143 e. The normalized spacial score (nSPS) is 15.7. The molecule has 1 unspecified atom stereocenters. The van der Waals surface area contributed by atoms with E-state index in [-0.39, 0.29) is 6.61 Å². The standard InChI is InChI=1S/C9H16N2O2/c1-4-11-6-5-10-8(11)9(2,12)7-13-3/h5-6,12H,4,7H2,1-3H3. The summed E-state index contributed by atoms with van der Waals surface area (Å²) in [5.41, 5.74) is -1.01. The molecule has 0 spiro atoms. The molecule has 1 N–H and O–H groups in total. The van der Waals surface area contributed by atoms with Gasteiger partial charge in [-0.3, -0.25) is 0 Å². The summed E-state index contributed by atoms with van der Waals surface area (Å²) in [4.78, 5) is 4.11. The number of imidazole rings is 1. The van der Waals surface area contributed by atoms with Gasteiger partial charge in [0.15, 0.2) is 0 Å². The van der Waals surface area contributed by atoms with E-state index in [1.165, 1.54) is 0 Å². The molecule has 74 valence electrons. The van der Waals surface area contributed by atoms with Crippen LogP contribution in [-0.4, -0.2) is 28.4 Å². The lowest BCUT2D eigenvalue weighted by Crippen LogP contribution is -2.31. The van der Waals surface area contributed by atoms with E-state index in [1.54, 1.807) is 20.2 Å². The minimum absolute atomic E-state index is 0.254. The average Bonchev–Trinajstić information content (AvgIpc) is 2.51. The lowest BCUT2D eigenvalue weighted by molar-refractivity contribution is -0.0296. The summed E-state index contributed by atoms with van der Waals surface area (Å²) in [7, 11) is 1.56. The number of hydrogen-bond donors (Lipinski definition) is 1. The van der Waals surface area contributed by atoms with Crippen molar-refractivity contribution in [2.45, 2.75) is 26.0 Å². The maximum Gasteiger partial charge on any atom is 0.143 e. The van der Waals surface area contributed by atoms with Crippen LogP contribution in [0.5, 0.6) is 0 Å². The molecule has 0 radical (unpaired) electrons. The molecule has 1 heterocycles. The maximum atomic E-state index is 9.98. The molecule has 1 aromatic heterocycles. The fraction of sp³-hybridized carbons (Fsp3) is 0.667.